The van der Waals surface area contributed by atoms with Crippen molar-refractivity contribution in [2.24, 2.45) is 0 Å². The molecule has 1 aromatic rings. The average molecular weight is 343 g/mol. The summed E-state index contributed by atoms with van der Waals surface area (Å²) in [6.07, 6.45) is 1.56. The molecule has 1 N–H and O–H groups in total. The van der Waals surface area contributed by atoms with Crippen molar-refractivity contribution in [1.82, 2.24) is 0 Å². The molecule has 0 saturated carbocycles. The molecule has 1 aromatic carbocycles. The minimum Gasteiger partial charge on any atom is -0.504 e. The molecule has 3 atom stereocenters. The maximum atomic E-state index is 12.3. The molecule has 0 radical (unpaired) electrons. The van der Waals surface area contributed by atoms with E-state index >= 15 is 0 Å². The van der Waals surface area contributed by atoms with Crippen LogP contribution in [0, 0.1) is 0 Å². The lowest BCUT2D eigenvalue weighted by atomic mass is 9.93. The minimum absolute atomic E-state index is 0.0000519. The molecule has 126 valence electrons. The van der Waals surface area contributed by atoms with Gasteiger partial charge in [0, 0.05) is 12.0 Å². The predicted molar refractivity (Wildman–Crippen MR) is 82.6 cm³/mol. The third-order valence-corrected chi connectivity index (χ3v) is 4.68. The summed E-state index contributed by atoms with van der Waals surface area (Å²) in [7, 11) is 2.78. The summed E-state index contributed by atoms with van der Waals surface area (Å²) < 4.78 is 21.8. The predicted octanol–water partition coefficient (Wildman–Crippen LogP) is 3.23. The van der Waals surface area contributed by atoms with Crippen LogP contribution in [0.4, 0.5) is 0 Å². The largest absolute Gasteiger partial charge is 0.504 e. The van der Waals surface area contributed by atoms with Crippen molar-refractivity contribution in [2.45, 2.75) is 44.5 Å². The highest BCUT2D eigenvalue weighted by molar-refractivity contribution is 6.34. The van der Waals surface area contributed by atoms with Crippen LogP contribution in [0.1, 0.15) is 48.2 Å². The van der Waals surface area contributed by atoms with E-state index in [2.05, 4.69) is 6.92 Å². The van der Waals surface area contributed by atoms with Crippen molar-refractivity contribution in [3.8, 4) is 17.2 Å². The van der Waals surface area contributed by atoms with Gasteiger partial charge < -0.3 is 24.1 Å². The molecule has 6 nitrogen and oxygen atoms in total. The van der Waals surface area contributed by atoms with E-state index in [1.54, 1.807) is 0 Å². The Morgan fingerprint density at radius 2 is 2.00 bits per heavy atom. The first-order valence-electron chi connectivity index (χ1n) is 7.56. The fourth-order valence-corrected chi connectivity index (χ4v) is 3.69. The average Bonchev–Trinajstić information content (AvgIpc) is 2.91. The van der Waals surface area contributed by atoms with Crippen LogP contribution in [0.2, 0.25) is 5.02 Å². The van der Waals surface area contributed by atoms with E-state index in [0.717, 1.165) is 12.8 Å². The van der Waals surface area contributed by atoms with E-state index in [1.165, 1.54) is 14.2 Å². The van der Waals surface area contributed by atoms with Gasteiger partial charge in [0.05, 0.1) is 25.3 Å². The van der Waals surface area contributed by atoms with Gasteiger partial charge in [0.2, 0.25) is 5.75 Å². The third kappa shape index (κ3) is 2.40. The van der Waals surface area contributed by atoms with Gasteiger partial charge >= 0.3 is 5.97 Å². The van der Waals surface area contributed by atoms with E-state index in [4.69, 9.17) is 30.5 Å². The number of benzene rings is 1. The number of ether oxygens (including phenoxy) is 4. The van der Waals surface area contributed by atoms with Gasteiger partial charge in [-0.3, -0.25) is 0 Å². The normalized spacial score (nSPS) is 25.6. The number of phenols is 1. The first-order chi connectivity index (χ1) is 11.0. The number of hydrogen-bond acceptors (Lipinski definition) is 6. The monoisotopic (exact) mass is 342 g/mol. The van der Waals surface area contributed by atoms with E-state index < -0.39 is 18.2 Å². The van der Waals surface area contributed by atoms with Crippen molar-refractivity contribution in [3.63, 3.8) is 0 Å². The molecule has 1 saturated heterocycles. The van der Waals surface area contributed by atoms with Crippen LogP contribution in [0.3, 0.4) is 0 Å². The molecule has 2 heterocycles. The summed E-state index contributed by atoms with van der Waals surface area (Å²) in [6.45, 7) is 2.07. The highest BCUT2D eigenvalue weighted by Crippen LogP contribution is 2.54. The summed E-state index contributed by atoms with van der Waals surface area (Å²) in [5, 5.41) is 10.6. The number of carbonyl (C=O) groups excluding carboxylic acids is 1. The molecule has 0 aromatic heterocycles. The lowest BCUT2D eigenvalue weighted by Crippen LogP contribution is -2.29. The zero-order chi connectivity index (χ0) is 16.7. The van der Waals surface area contributed by atoms with Gasteiger partial charge in [0.15, 0.2) is 11.5 Å². The number of halogens is 1. The first kappa shape index (κ1) is 16.2. The van der Waals surface area contributed by atoms with Crippen LogP contribution < -0.4 is 9.47 Å². The summed E-state index contributed by atoms with van der Waals surface area (Å²) in [5.74, 6) is -0.770. The molecule has 3 unspecified atom stereocenters. The topological polar surface area (TPSA) is 74.2 Å². The maximum absolute atomic E-state index is 12.3. The highest BCUT2D eigenvalue weighted by atomic mass is 35.5. The number of esters is 1. The third-order valence-electron chi connectivity index (χ3n) is 4.30. The number of fused-ring (bicyclic) bond motifs is 3. The van der Waals surface area contributed by atoms with Crippen molar-refractivity contribution in [3.05, 3.63) is 16.1 Å². The van der Waals surface area contributed by atoms with Crippen molar-refractivity contribution < 1.29 is 28.8 Å². The minimum atomic E-state index is -0.623. The number of phenolic OH excluding ortho intramolecular Hbond substituents is 1. The maximum Gasteiger partial charge on any atom is 0.342 e. The summed E-state index contributed by atoms with van der Waals surface area (Å²) in [5.41, 5.74) is 0.410. The Labute approximate surface area is 139 Å². The van der Waals surface area contributed by atoms with E-state index in [-0.39, 0.29) is 33.9 Å². The number of rotatable bonds is 4. The van der Waals surface area contributed by atoms with Gasteiger partial charge in [0.1, 0.15) is 17.8 Å². The fourth-order valence-electron chi connectivity index (χ4n) is 3.33. The molecule has 2 aliphatic heterocycles. The number of carbonyl (C=O) groups is 1. The van der Waals surface area contributed by atoms with Crippen LogP contribution >= 0.6 is 11.6 Å². The summed E-state index contributed by atoms with van der Waals surface area (Å²) in [4.78, 5) is 12.3. The molecule has 1 fully saturated rings. The van der Waals surface area contributed by atoms with Crippen LogP contribution in [-0.4, -0.2) is 37.5 Å². The molecule has 0 bridgehead atoms. The standard InChI is InChI=1S/C16H19ClO6/c1-4-5-7-6-8-13(22-7)9-10(16(19)23-8)12(18)15(21-3)14(20-2)11(9)17/h7-8,13,18H,4-6H2,1-3H3. The summed E-state index contributed by atoms with van der Waals surface area (Å²) in [6, 6.07) is 0. The second kappa shape index (κ2) is 6.09. The van der Waals surface area contributed by atoms with Gasteiger partial charge in [-0.25, -0.2) is 4.79 Å². The molecular formula is C16H19ClO6. The van der Waals surface area contributed by atoms with Gasteiger partial charge in [-0.1, -0.05) is 24.9 Å². The van der Waals surface area contributed by atoms with Crippen LogP contribution in [0.5, 0.6) is 17.2 Å². The van der Waals surface area contributed by atoms with E-state index in [1.807, 2.05) is 0 Å². The Kier molecular flexibility index (Phi) is 4.29. The van der Waals surface area contributed by atoms with Gasteiger partial charge in [-0.05, 0) is 6.42 Å². The second-order valence-corrected chi connectivity index (χ2v) is 6.04. The van der Waals surface area contributed by atoms with E-state index in [0.29, 0.717) is 12.0 Å². The van der Waals surface area contributed by atoms with Crippen molar-refractivity contribution >= 4 is 17.6 Å². The van der Waals surface area contributed by atoms with Gasteiger partial charge in [-0.2, -0.15) is 0 Å². The Morgan fingerprint density at radius 3 is 2.61 bits per heavy atom. The molecule has 23 heavy (non-hydrogen) atoms. The van der Waals surface area contributed by atoms with Crippen LogP contribution in [-0.2, 0) is 9.47 Å². The lowest BCUT2D eigenvalue weighted by Gasteiger charge is -2.29. The number of methoxy groups -OCH3 is 2. The number of aromatic hydroxyl groups is 1. The molecule has 0 aliphatic carbocycles. The van der Waals surface area contributed by atoms with Crippen LogP contribution in [0.15, 0.2) is 0 Å². The van der Waals surface area contributed by atoms with Crippen LogP contribution in [0.25, 0.3) is 0 Å². The first-order valence-corrected chi connectivity index (χ1v) is 7.93. The van der Waals surface area contributed by atoms with Gasteiger partial charge in [-0.15, -0.1) is 0 Å². The van der Waals surface area contributed by atoms with Gasteiger partial charge in [0.25, 0.3) is 0 Å². The zero-order valence-electron chi connectivity index (χ0n) is 13.2. The smallest absolute Gasteiger partial charge is 0.342 e. The fraction of sp³-hybridized carbons (Fsp3) is 0.562. The lowest BCUT2D eigenvalue weighted by molar-refractivity contribution is -0.0234. The Morgan fingerprint density at radius 1 is 1.30 bits per heavy atom. The highest BCUT2D eigenvalue weighted by Gasteiger charge is 2.47. The second-order valence-electron chi connectivity index (χ2n) is 5.66. The number of hydrogen-bond donors (Lipinski definition) is 1. The SMILES string of the molecule is CCCC1CC2OC(=O)c3c(O)c(OC)c(OC)c(Cl)c3C2O1. The molecule has 0 spiro atoms. The Hall–Kier alpha value is -1.66. The molecule has 2 aliphatic rings. The van der Waals surface area contributed by atoms with Crippen molar-refractivity contribution in [2.75, 3.05) is 14.2 Å². The Balaban J connectivity index is 2.15. The molecule has 7 heteroatoms. The Bertz CT molecular complexity index is 644. The molecule has 0 amide bonds. The zero-order valence-corrected chi connectivity index (χ0v) is 14.0. The van der Waals surface area contributed by atoms with E-state index in [9.17, 15) is 9.90 Å². The summed E-state index contributed by atoms with van der Waals surface area (Å²) >= 11 is 6.44. The molecule has 3 rings (SSSR count). The van der Waals surface area contributed by atoms with Crippen molar-refractivity contribution in [1.29, 1.82) is 0 Å². The molecular weight excluding hydrogens is 324 g/mol. The quantitative estimate of drug-likeness (QED) is 0.847.